The van der Waals surface area contributed by atoms with E-state index < -0.39 is 0 Å². The second kappa shape index (κ2) is 7.38. The van der Waals surface area contributed by atoms with E-state index in [0.29, 0.717) is 35.9 Å². The molecular weight excluding hydrogens is 296 g/mol. The number of carbonyl (C=O) groups is 1. The van der Waals surface area contributed by atoms with E-state index in [0.717, 1.165) is 6.42 Å². The molecule has 0 radical (unpaired) electrons. The molecule has 0 aliphatic carbocycles. The molecule has 1 heterocycles. The van der Waals surface area contributed by atoms with Gasteiger partial charge in [0, 0.05) is 24.7 Å². The Morgan fingerprint density at radius 2 is 1.76 bits per heavy atom. The zero-order chi connectivity index (χ0) is 14.7. The summed E-state index contributed by atoms with van der Waals surface area (Å²) in [6.07, 6.45) is 0.830. The fourth-order valence-electron chi connectivity index (χ4n) is 2.36. The number of ether oxygens (including phenoxy) is 3. The van der Waals surface area contributed by atoms with Crippen LogP contribution in [-0.2, 0) is 0 Å². The minimum Gasteiger partial charge on any atom is -0.493 e. The van der Waals surface area contributed by atoms with E-state index >= 15 is 0 Å². The van der Waals surface area contributed by atoms with Gasteiger partial charge in [-0.15, -0.1) is 12.4 Å². The van der Waals surface area contributed by atoms with Crippen molar-refractivity contribution in [2.24, 2.45) is 5.73 Å². The van der Waals surface area contributed by atoms with Crippen molar-refractivity contribution in [1.82, 2.24) is 4.90 Å². The minimum absolute atomic E-state index is 0. The average Bonchev–Trinajstić information content (AvgIpc) is 2.91. The van der Waals surface area contributed by atoms with Gasteiger partial charge in [0.1, 0.15) is 0 Å². The average molecular weight is 317 g/mol. The number of amides is 1. The first kappa shape index (κ1) is 17.4. The molecule has 0 bridgehead atoms. The van der Waals surface area contributed by atoms with Gasteiger partial charge >= 0.3 is 0 Å². The molecule has 1 aromatic carbocycles. The van der Waals surface area contributed by atoms with Gasteiger partial charge in [-0.25, -0.2) is 0 Å². The van der Waals surface area contributed by atoms with Crippen LogP contribution in [0, 0.1) is 0 Å². The van der Waals surface area contributed by atoms with Crippen molar-refractivity contribution in [1.29, 1.82) is 0 Å². The number of nitrogens with two attached hydrogens (primary N) is 1. The maximum absolute atomic E-state index is 12.4. The van der Waals surface area contributed by atoms with Crippen LogP contribution in [0.2, 0.25) is 0 Å². The Bertz CT molecular complexity index is 485. The number of likely N-dealkylation sites (tertiary alicyclic amines) is 1. The van der Waals surface area contributed by atoms with Crippen molar-refractivity contribution in [3.63, 3.8) is 0 Å². The summed E-state index contributed by atoms with van der Waals surface area (Å²) < 4.78 is 15.7. The van der Waals surface area contributed by atoms with E-state index in [2.05, 4.69) is 0 Å². The van der Waals surface area contributed by atoms with Crippen molar-refractivity contribution < 1.29 is 19.0 Å². The van der Waals surface area contributed by atoms with E-state index in [1.165, 1.54) is 21.3 Å². The molecule has 0 spiro atoms. The lowest BCUT2D eigenvalue weighted by atomic mass is 10.1. The molecular formula is C14H21ClN2O4. The van der Waals surface area contributed by atoms with E-state index in [-0.39, 0.29) is 24.4 Å². The van der Waals surface area contributed by atoms with Crippen LogP contribution < -0.4 is 19.9 Å². The lowest BCUT2D eigenvalue weighted by Crippen LogP contribution is -2.31. The van der Waals surface area contributed by atoms with Crippen LogP contribution in [0.4, 0.5) is 0 Å². The van der Waals surface area contributed by atoms with E-state index in [4.69, 9.17) is 19.9 Å². The van der Waals surface area contributed by atoms with Crippen LogP contribution in [0.3, 0.4) is 0 Å². The first-order chi connectivity index (χ1) is 9.60. The van der Waals surface area contributed by atoms with Crippen LogP contribution in [0.25, 0.3) is 0 Å². The Morgan fingerprint density at radius 1 is 1.19 bits per heavy atom. The topological polar surface area (TPSA) is 74.0 Å². The van der Waals surface area contributed by atoms with Gasteiger partial charge < -0.3 is 24.8 Å². The molecule has 1 aromatic rings. The molecule has 7 heteroatoms. The molecule has 1 aliphatic heterocycles. The quantitative estimate of drug-likeness (QED) is 0.906. The van der Waals surface area contributed by atoms with Gasteiger partial charge in [-0.2, -0.15) is 0 Å². The highest BCUT2D eigenvalue weighted by atomic mass is 35.5. The third-order valence-electron chi connectivity index (χ3n) is 3.42. The van der Waals surface area contributed by atoms with Crippen molar-refractivity contribution in [2.45, 2.75) is 12.5 Å². The van der Waals surface area contributed by atoms with Gasteiger partial charge in [-0.05, 0) is 18.6 Å². The number of hydrogen-bond donors (Lipinski definition) is 1. The largest absolute Gasteiger partial charge is 0.493 e. The molecule has 0 aromatic heterocycles. The van der Waals surface area contributed by atoms with Crippen molar-refractivity contribution in [2.75, 3.05) is 34.4 Å². The Morgan fingerprint density at radius 3 is 2.14 bits per heavy atom. The van der Waals surface area contributed by atoms with Crippen LogP contribution in [0.15, 0.2) is 12.1 Å². The number of benzene rings is 1. The summed E-state index contributed by atoms with van der Waals surface area (Å²) in [5.74, 6) is 1.35. The first-order valence-corrected chi connectivity index (χ1v) is 6.45. The molecule has 1 aliphatic rings. The molecule has 1 atom stereocenters. The van der Waals surface area contributed by atoms with Gasteiger partial charge in [0.15, 0.2) is 11.5 Å². The zero-order valence-corrected chi connectivity index (χ0v) is 13.2. The standard InChI is InChI=1S/C14H20N2O4.ClH/c1-18-11-6-9(7-12(19-2)13(11)20-3)14(17)16-5-4-10(15)8-16;/h6-7,10H,4-5,8,15H2,1-3H3;1H/t10-;/m0./s1. The summed E-state index contributed by atoms with van der Waals surface area (Å²) in [6.45, 7) is 1.26. The molecule has 1 fully saturated rings. The predicted molar refractivity (Wildman–Crippen MR) is 81.8 cm³/mol. The lowest BCUT2D eigenvalue weighted by Gasteiger charge is -2.18. The zero-order valence-electron chi connectivity index (χ0n) is 12.4. The number of halogens is 1. The molecule has 1 saturated heterocycles. The number of rotatable bonds is 4. The Kier molecular flexibility index (Phi) is 6.11. The molecule has 6 nitrogen and oxygen atoms in total. The van der Waals surface area contributed by atoms with E-state index in [1.807, 2.05) is 0 Å². The van der Waals surface area contributed by atoms with Crippen molar-refractivity contribution in [3.8, 4) is 17.2 Å². The molecule has 21 heavy (non-hydrogen) atoms. The third kappa shape index (κ3) is 3.51. The third-order valence-corrected chi connectivity index (χ3v) is 3.42. The number of carbonyl (C=O) groups excluding carboxylic acids is 1. The molecule has 0 unspecified atom stereocenters. The molecule has 2 rings (SSSR count). The smallest absolute Gasteiger partial charge is 0.254 e. The van der Waals surface area contributed by atoms with Crippen LogP contribution in [0.1, 0.15) is 16.8 Å². The van der Waals surface area contributed by atoms with Crippen LogP contribution in [-0.4, -0.2) is 51.3 Å². The molecule has 0 saturated carbocycles. The molecule has 2 N–H and O–H groups in total. The Hall–Kier alpha value is -1.66. The van der Waals surface area contributed by atoms with Crippen molar-refractivity contribution >= 4 is 18.3 Å². The Balaban J connectivity index is 0.00000220. The van der Waals surface area contributed by atoms with Gasteiger partial charge in [0.05, 0.1) is 21.3 Å². The highest BCUT2D eigenvalue weighted by Gasteiger charge is 2.26. The van der Waals surface area contributed by atoms with Crippen molar-refractivity contribution in [3.05, 3.63) is 17.7 Å². The van der Waals surface area contributed by atoms with Gasteiger partial charge in [-0.1, -0.05) is 0 Å². The fourth-order valence-corrected chi connectivity index (χ4v) is 2.36. The maximum Gasteiger partial charge on any atom is 0.254 e. The second-order valence-corrected chi connectivity index (χ2v) is 4.71. The first-order valence-electron chi connectivity index (χ1n) is 6.45. The summed E-state index contributed by atoms with van der Waals surface area (Å²) in [5, 5.41) is 0. The van der Waals surface area contributed by atoms with Gasteiger partial charge in [0.25, 0.3) is 5.91 Å². The summed E-state index contributed by atoms with van der Waals surface area (Å²) in [7, 11) is 4.58. The Labute approximate surface area is 130 Å². The summed E-state index contributed by atoms with van der Waals surface area (Å²) in [6, 6.07) is 3.38. The number of methoxy groups -OCH3 is 3. The normalized spacial score (nSPS) is 17.1. The predicted octanol–water partition coefficient (Wildman–Crippen LogP) is 1.31. The lowest BCUT2D eigenvalue weighted by molar-refractivity contribution is 0.0790. The van der Waals surface area contributed by atoms with E-state index in [9.17, 15) is 4.79 Å². The molecule has 118 valence electrons. The minimum atomic E-state index is -0.0720. The fraction of sp³-hybridized carbons (Fsp3) is 0.500. The SMILES string of the molecule is COc1cc(C(=O)N2CC[C@H](N)C2)cc(OC)c1OC.Cl. The maximum atomic E-state index is 12.4. The van der Waals surface area contributed by atoms with E-state index in [1.54, 1.807) is 17.0 Å². The van der Waals surface area contributed by atoms with Crippen LogP contribution >= 0.6 is 12.4 Å². The van der Waals surface area contributed by atoms with Gasteiger partial charge in [0.2, 0.25) is 5.75 Å². The number of hydrogen-bond acceptors (Lipinski definition) is 5. The van der Waals surface area contributed by atoms with Gasteiger partial charge in [-0.3, -0.25) is 4.79 Å². The summed E-state index contributed by atoms with van der Waals surface area (Å²) in [4.78, 5) is 14.2. The van der Waals surface area contributed by atoms with Crippen LogP contribution in [0.5, 0.6) is 17.2 Å². The second-order valence-electron chi connectivity index (χ2n) is 4.71. The summed E-state index contributed by atoms with van der Waals surface area (Å²) >= 11 is 0. The highest BCUT2D eigenvalue weighted by molar-refractivity contribution is 5.95. The number of nitrogens with zero attached hydrogens (tertiary/aromatic N) is 1. The highest BCUT2D eigenvalue weighted by Crippen LogP contribution is 2.38. The summed E-state index contributed by atoms with van der Waals surface area (Å²) in [5.41, 5.74) is 6.34. The molecule has 1 amide bonds. The monoisotopic (exact) mass is 316 g/mol.